The third-order valence-corrected chi connectivity index (χ3v) is 7.21. The Bertz CT molecular complexity index is 1600. The van der Waals surface area contributed by atoms with Crippen LogP contribution in [0.1, 0.15) is 16.7 Å². The van der Waals surface area contributed by atoms with Crippen molar-refractivity contribution in [3.05, 3.63) is 112 Å². The SMILES string of the molecule is Cc1ccc(Cl)cc1NC(=O)CN1C(=O)S/C(=C\c2ccccc2OCc2ccc3ccccc3c2)C1=O. The summed E-state index contributed by atoms with van der Waals surface area (Å²) in [5.74, 6) is -0.429. The molecular formula is C30H23ClN2O4S. The molecule has 8 heteroatoms. The van der Waals surface area contributed by atoms with Crippen LogP contribution in [0.3, 0.4) is 0 Å². The molecule has 0 unspecified atom stereocenters. The number of fused-ring (bicyclic) bond motifs is 1. The van der Waals surface area contributed by atoms with Gasteiger partial charge in [-0.25, -0.2) is 0 Å². The number of amides is 3. The summed E-state index contributed by atoms with van der Waals surface area (Å²) >= 11 is 6.81. The number of carbonyl (C=O) groups excluding carboxylic acids is 3. The number of aryl methyl sites for hydroxylation is 1. The summed E-state index contributed by atoms with van der Waals surface area (Å²) in [7, 11) is 0. The molecule has 0 spiro atoms. The van der Waals surface area contributed by atoms with Gasteiger partial charge in [0, 0.05) is 16.3 Å². The number of nitrogens with zero attached hydrogens (tertiary/aromatic N) is 1. The first-order valence-corrected chi connectivity index (χ1v) is 13.1. The monoisotopic (exact) mass is 542 g/mol. The minimum Gasteiger partial charge on any atom is -0.488 e. The van der Waals surface area contributed by atoms with Gasteiger partial charge in [0.25, 0.3) is 11.1 Å². The summed E-state index contributed by atoms with van der Waals surface area (Å²) in [5, 5.41) is 4.97. The van der Waals surface area contributed by atoms with Crippen LogP contribution in [0.15, 0.2) is 89.8 Å². The largest absolute Gasteiger partial charge is 0.488 e. The van der Waals surface area contributed by atoms with Crippen molar-refractivity contribution in [2.24, 2.45) is 0 Å². The Hall–Kier alpha value is -4.07. The lowest BCUT2D eigenvalue weighted by atomic mass is 10.1. The Morgan fingerprint density at radius 1 is 0.974 bits per heavy atom. The highest BCUT2D eigenvalue weighted by atomic mass is 35.5. The van der Waals surface area contributed by atoms with Crippen LogP contribution in [0.4, 0.5) is 10.5 Å². The van der Waals surface area contributed by atoms with Crippen molar-refractivity contribution < 1.29 is 19.1 Å². The number of rotatable bonds is 7. The third kappa shape index (κ3) is 5.74. The first-order valence-electron chi connectivity index (χ1n) is 11.9. The lowest BCUT2D eigenvalue weighted by Crippen LogP contribution is -2.36. The molecule has 0 radical (unpaired) electrons. The van der Waals surface area contributed by atoms with Gasteiger partial charge in [-0.05, 0) is 70.9 Å². The molecule has 0 aromatic heterocycles. The predicted molar refractivity (Wildman–Crippen MR) is 152 cm³/mol. The number of benzene rings is 4. The van der Waals surface area contributed by atoms with Gasteiger partial charge in [-0.15, -0.1) is 0 Å². The zero-order valence-corrected chi connectivity index (χ0v) is 22.0. The molecule has 1 N–H and O–H groups in total. The van der Waals surface area contributed by atoms with Crippen molar-refractivity contribution in [2.45, 2.75) is 13.5 Å². The zero-order valence-electron chi connectivity index (χ0n) is 20.4. The van der Waals surface area contributed by atoms with Crippen LogP contribution < -0.4 is 10.1 Å². The molecule has 0 saturated carbocycles. The van der Waals surface area contributed by atoms with Gasteiger partial charge in [-0.2, -0.15) is 0 Å². The van der Waals surface area contributed by atoms with E-state index in [4.69, 9.17) is 16.3 Å². The molecule has 6 nitrogen and oxygen atoms in total. The number of hydrogen-bond donors (Lipinski definition) is 1. The molecule has 0 bridgehead atoms. The highest BCUT2D eigenvalue weighted by molar-refractivity contribution is 8.18. The van der Waals surface area contributed by atoms with E-state index in [1.807, 2.05) is 49.4 Å². The molecule has 1 fully saturated rings. The van der Waals surface area contributed by atoms with E-state index in [2.05, 4.69) is 29.6 Å². The number of hydrogen-bond acceptors (Lipinski definition) is 5. The van der Waals surface area contributed by atoms with Gasteiger partial charge < -0.3 is 10.1 Å². The van der Waals surface area contributed by atoms with Crippen LogP contribution >= 0.6 is 23.4 Å². The first-order chi connectivity index (χ1) is 18.4. The van der Waals surface area contributed by atoms with Crippen molar-refractivity contribution in [3.8, 4) is 5.75 Å². The summed E-state index contributed by atoms with van der Waals surface area (Å²) in [5.41, 5.74) is 3.03. The van der Waals surface area contributed by atoms with Gasteiger partial charge in [-0.3, -0.25) is 19.3 Å². The number of nitrogens with one attached hydrogen (secondary N) is 1. The molecule has 5 rings (SSSR count). The van der Waals surface area contributed by atoms with E-state index in [9.17, 15) is 14.4 Å². The number of anilines is 1. The minimum absolute atomic E-state index is 0.225. The summed E-state index contributed by atoms with van der Waals surface area (Å²) in [6.07, 6.45) is 1.62. The highest BCUT2D eigenvalue weighted by Crippen LogP contribution is 2.34. The van der Waals surface area contributed by atoms with E-state index >= 15 is 0 Å². The molecule has 38 heavy (non-hydrogen) atoms. The van der Waals surface area contributed by atoms with Crippen LogP contribution in [0.5, 0.6) is 5.75 Å². The molecule has 1 aliphatic rings. The van der Waals surface area contributed by atoms with E-state index in [0.29, 0.717) is 28.6 Å². The Morgan fingerprint density at radius 2 is 1.74 bits per heavy atom. The average Bonchev–Trinajstić information content (AvgIpc) is 3.17. The molecule has 0 atom stereocenters. The number of para-hydroxylation sites is 1. The number of halogens is 1. The second-order valence-electron chi connectivity index (χ2n) is 8.78. The smallest absolute Gasteiger partial charge is 0.294 e. The van der Waals surface area contributed by atoms with Gasteiger partial charge >= 0.3 is 0 Å². The topological polar surface area (TPSA) is 75.7 Å². The Morgan fingerprint density at radius 3 is 2.58 bits per heavy atom. The quantitative estimate of drug-likeness (QED) is 0.253. The van der Waals surface area contributed by atoms with Crippen molar-refractivity contribution in [3.63, 3.8) is 0 Å². The molecule has 4 aromatic rings. The fourth-order valence-electron chi connectivity index (χ4n) is 4.06. The third-order valence-electron chi connectivity index (χ3n) is 6.06. The number of imide groups is 1. The fourth-order valence-corrected chi connectivity index (χ4v) is 5.06. The molecular weight excluding hydrogens is 520 g/mol. The van der Waals surface area contributed by atoms with E-state index in [0.717, 1.165) is 38.6 Å². The number of ether oxygens (including phenoxy) is 1. The predicted octanol–water partition coefficient (Wildman–Crippen LogP) is 7.06. The second-order valence-corrected chi connectivity index (χ2v) is 10.2. The van der Waals surface area contributed by atoms with Crippen LogP contribution in [0.25, 0.3) is 16.8 Å². The highest BCUT2D eigenvalue weighted by Gasteiger charge is 2.36. The zero-order chi connectivity index (χ0) is 26.6. The number of carbonyl (C=O) groups is 3. The van der Waals surface area contributed by atoms with E-state index in [1.54, 1.807) is 24.3 Å². The van der Waals surface area contributed by atoms with Gasteiger partial charge in [0.15, 0.2) is 0 Å². The summed E-state index contributed by atoms with van der Waals surface area (Å²) < 4.78 is 6.08. The first kappa shape index (κ1) is 25.6. The van der Waals surface area contributed by atoms with Gasteiger partial charge in [0.1, 0.15) is 18.9 Å². The Balaban J connectivity index is 1.28. The standard InChI is InChI=1S/C30H23ClN2O4S/c1-19-10-13-24(31)16-25(19)32-28(34)17-33-29(35)27(38-30(33)36)15-23-8-4-5-9-26(23)37-18-20-11-12-21-6-2-3-7-22(21)14-20/h2-16H,17-18H2,1H3,(H,32,34)/b27-15-. The number of thioether (sulfide) groups is 1. The lowest BCUT2D eigenvalue weighted by molar-refractivity contribution is -0.127. The molecule has 190 valence electrons. The molecule has 4 aromatic carbocycles. The lowest BCUT2D eigenvalue weighted by Gasteiger charge is -2.14. The maximum absolute atomic E-state index is 13.0. The summed E-state index contributed by atoms with van der Waals surface area (Å²) in [6.45, 7) is 1.78. The molecule has 1 saturated heterocycles. The second kappa shape index (κ2) is 11.1. The van der Waals surface area contributed by atoms with Crippen LogP contribution in [0, 0.1) is 6.92 Å². The van der Waals surface area contributed by atoms with Crippen molar-refractivity contribution >= 4 is 63.0 Å². The fraction of sp³-hybridized carbons (Fsp3) is 0.100. The normalized spacial score (nSPS) is 14.4. The Labute approximate surface area is 229 Å². The molecule has 3 amide bonds. The average molecular weight is 543 g/mol. The van der Waals surface area contributed by atoms with Crippen LogP contribution in [0.2, 0.25) is 5.02 Å². The van der Waals surface area contributed by atoms with Crippen molar-refractivity contribution in [1.82, 2.24) is 4.90 Å². The van der Waals surface area contributed by atoms with E-state index < -0.39 is 23.6 Å². The van der Waals surface area contributed by atoms with Crippen LogP contribution in [-0.2, 0) is 16.2 Å². The molecule has 1 heterocycles. The van der Waals surface area contributed by atoms with E-state index in [1.165, 1.54) is 0 Å². The molecule has 0 aliphatic carbocycles. The van der Waals surface area contributed by atoms with Gasteiger partial charge in [0.05, 0.1) is 4.91 Å². The summed E-state index contributed by atoms with van der Waals surface area (Å²) in [6, 6.07) is 26.7. The molecule has 1 aliphatic heterocycles. The maximum atomic E-state index is 13.0. The van der Waals surface area contributed by atoms with Crippen molar-refractivity contribution in [1.29, 1.82) is 0 Å². The summed E-state index contributed by atoms with van der Waals surface area (Å²) in [4.78, 5) is 39.4. The van der Waals surface area contributed by atoms with Crippen LogP contribution in [-0.4, -0.2) is 28.5 Å². The van der Waals surface area contributed by atoms with Gasteiger partial charge in [0.2, 0.25) is 5.91 Å². The maximum Gasteiger partial charge on any atom is 0.294 e. The van der Waals surface area contributed by atoms with Crippen molar-refractivity contribution in [2.75, 3.05) is 11.9 Å². The Kier molecular flexibility index (Phi) is 7.49. The van der Waals surface area contributed by atoms with Gasteiger partial charge in [-0.1, -0.05) is 72.3 Å². The van der Waals surface area contributed by atoms with E-state index in [-0.39, 0.29) is 4.91 Å². The minimum atomic E-state index is -0.526.